The summed E-state index contributed by atoms with van der Waals surface area (Å²) in [6.45, 7) is 0.510. The van der Waals surface area contributed by atoms with E-state index in [0.717, 1.165) is 34.4 Å². The molecular weight excluding hydrogens is 372 g/mol. The van der Waals surface area contributed by atoms with Crippen LogP contribution < -0.4 is 10.5 Å². The van der Waals surface area contributed by atoms with Crippen LogP contribution in [-0.2, 0) is 13.0 Å². The number of aromatic hydroxyl groups is 1. The summed E-state index contributed by atoms with van der Waals surface area (Å²) in [7, 11) is 0. The van der Waals surface area contributed by atoms with E-state index < -0.39 is 0 Å². The Morgan fingerprint density at radius 1 is 0.833 bits per heavy atom. The fraction of sp³-hybridized carbons (Fsp3) is 0.115. The van der Waals surface area contributed by atoms with Crippen LogP contribution in [0.4, 0.5) is 5.69 Å². The Balaban J connectivity index is 1.67. The summed E-state index contributed by atoms with van der Waals surface area (Å²) in [6, 6.07) is 27.9. The van der Waals surface area contributed by atoms with Crippen molar-refractivity contribution in [2.45, 2.75) is 19.0 Å². The zero-order chi connectivity index (χ0) is 20.5. The summed E-state index contributed by atoms with van der Waals surface area (Å²) >= 11 is 0. The van der Waals surface area contributed by atoms with Crippen molar-refractivity contribution in [3.05, 3.63) is 118 Å². The number of aromatic amines is 1. The number of hydrogen-bond acceptors (Lipinski definition) is 3. The smallest absolute Gasteiger partial charge is 0.253 e. The first-order chi connectivity index (χ1) is 14.7. The van der Waals surface area contributed by atoms with Gasteiger partial charge in [0.25, 0.3) is 5.56 Å². The van der Waals surface area contributed by atoms with Gasteiger partial charge in [0.05, 0.1) is 6.04 Å². The second-order valence-corrected chi connectivity index (χ2v) is 7.63. The van der Waals surface area contributed by atoms with Gasteiger partial charge in [-0.1, -0.05) is 60.7 Å². The summed E-state index contributed by atoms with van der Waals surface area (Å²) < 4.78 is 0. The highest BCUT2D eigenvalue weighted by atomic mass is 16.3. The van der Waals surface area contributed by atoms with Crippen molar-refractivity contribution in [1.29, 1.82) is 0 Å². The summed E-state index contributed by atoms with van der Waals surface area (Å²) in [5.41, 5.74) is 6.24. The fourth-order valence-electron chi connectivity index (χ4n) is 4.36. The van der Waals surface area contributed by atoms with Gasteiger partial charge in [0, 0.05) is 29.6 Å². The predicted molar refractivity (Wildman–Crippen MR) is 120 cm³/mol. The van der Waals surface area contributed by atoms with Crippen LogP contribution >= 0.6 is 0 Å². The lowest BCUT2D eigenvalue weighted by atomic mass is 9.86. The van der Waals surface area contributed by atoms with Gasteiger partial charge >= 0.3 is 0 Å². The molecule has 0 radical (unpaired) electrons. The van der Waals surface area contributed by atoms with Crippen LogP contribution in [0.1, 0.15) is 22.7 Å². The Labute approximate surface area is 175 Å². The highest BCUT2D eigenvalue weighted by molar-refractivity contribution is 5.69. The third-order valence-corrected chi connectivity index (χ3v) is 5.86. The number of nitrogens with one attached hydrogen (secondary N) is 1. The van der Waals surface area contributed by atoms with Crippen LogP contribution in [0.25, 0.3) is 11.1 Å². The third-order valence-electron chi connectivity index (χ3n) is 5.86. The number of hydrogen-bond donors (Lipinski definition) is 2. The molecule has 1 atom stereocenters. The Morgan fingerprint density at radius 2 is 1.50 bits per heavy atom. The van der Waals surface area contributed by atoms with Crippen molar-refractivity contribution in [3.8, 4) is 16.9 Å². The van der Waals surface area contributed by atoms with E-state index >= 15 is 0 Å². The molecule has 30 heavy (non-hydrogen) atoms. The molecule has 4 heteroatoms. The van der Waals surface area contributed by atoms with Crippen molar-refractivity contribution in [1.82, 2.24) is 4.98 Å². The summed E-state index contributed by atoms with van der Waals surface area (Å²) in [6.07, 6.45) is 2.57. The molecule has 1 aliphatic heterocycles. The average molecular weight is 394 g/mol. The van der Waals surface area contributed by atoms with Gasteiger partial charge in [-0.25, -0.2) is 0 Å². The molecule has 0 saturated carbocycles. The predicted octanol–water partition coefficient (Wildman–Crippen LogP) is 5.05. The maximum absolute atomic E-state index is 12.8. The number of fused-ring (bicyclic) bond motifs is 1. The van der Waals surface area contributed by atoms with E-state index in [1.165, 1.54) is 5.56 Å². The molecule has 2 heterocycles. The highest BCUT2D eigenvalue weighted by Crippen LogP contribution is 2.39. The SMILES string of the molecule is O=c1[nH]cc(-c2ccccc2)c2c1CN(c1ccc(O)cc1)C(c1ccccc1)C2. The topological polar surface area (TPSA) is 56.3 Å². The molecule has 1 aromatic heterocycles. The number of aromatic nitrogens is 1. The minimum absolute atomic E-state index is 0.0417. The quantitative estimate of drug-likeness (QED) is 0.511. The van der Waals surface area contributed by atoms with E-state index in [1.54, 1.807) is 12.1 Å². The molecule has 1 unspecified atom stereocenters. The molecule has 0 amide bonds. The molecule has 4 nitrogen and oxygen atoms in total. The molecule has 2 N–H and O–H groups in total. The van der Waals surface area contributed by atoms with Gasteiger partial charge in [0.2, 0.25) is 0 Å². The second kappa shape index (κ2) is 7.56. The van der Waals surface area contributed by atoms with Crippen molar-refractivity contribution >= 4 is 5.69 Å². The first kappa shape index (κ1) is 18.3. The molecule has 3 aromatic carbocycles. The Morgan fingerprint density at radius 3 is 2.20 bits per heavy atom. The van der Waals surface area contributed by atoms with Crippen LogP contribution in [0.2, 0.25) is 0 Å². The normalized spacial score (nSPS) is 15.6. The first-order valence-corrected chi connectivity index (χ1v) is 10.1. The van der Waals surface area contributed by atoms with Crippen LogP contribution in [0.15, 0.2) is 95.9 Å². The number of pyridine rings is 1. The maximum atomic E-state index is 12.8. The Bertz CT molecular complexity index is 1220. The number of benzene rings is 3. The van der Waals surface area contributed by atoms with Crippen molar-refractivity contribution < 1.29 is 5.11 Å². The lowest BCUT2D eigenvalue weighted by Crippen LogP contribution is -2.38. The number of H-pyrrole nitrogens is 1. The molecule has 1 aliphatic rings. The Kier molecular flexibility index (Phi) is 4.60. The summed E-state index contributed by atoms with van der Waals surface area (Å²) in [4.78, 5) is 18.0. The average Bonchev–Trinajstić information content (AvgIpc) is 2.80. The first-order valence-electron chi connectivity index (χ1n) is 10.1. The van der Waals surface area contributed by atoms with E-state index in [1.807, 2.05) is 42.6 Å². The van der Waals surface area contributed by atoms with Crippen molar-refractivity contribution in [2.24, 2.45) is 0 Å². The third kappa shape index (κ3) is 3.26. The lowest BCUT2D eigenvalue weighted by molar-refractivity contribution is 0.475. The molecule has 0 spiro atoms. The van der Waals surface area contributed by atoms with Crippen LogP contribution in [0.5, 0.6) is 5.75 Å². The van der Waals surface area contributed by atoms with Gasteiger partial charge in [-0.05, 0) is 47.4 Å². The molecule has 4 aromatic rings. The Hall–Kier alpha value is -3.79. The zero-order valence-corrected chi connectivity index (χ0v) is 16.5. The molecule has 0 saturated heterocycles. The number of rotatable bonds is 3. The molecule has 0 bridgehead atoms. The standard InChI is InChI=1S/C26H22N2O2/c29-21-13-11-20(12-14-21)28-17-24-22(15-25(28)19-9-5-2-6-10-19)23(16-27-26(24)30)18-7-3-1-4-8-18/h1-14,16,25,29H,15,17H2,(H,27,30). The van der Waals surface area contributed by atoms with Gasteiger partial charge in [-0.15, -0.1) is 0 Å². The number of phenols is 1. The van der Waals surface area contributed by atoms with Gasteiger partial charge < -0.3 is 15.0 Å². The van der Waals surface area contributed by atoms with E-state index in [0.29, 0.717) is 6.54 Å². The van der Waals surface area contributed by atoms with Crippen LogP contribution in [0, 0.1) is 0 Å². The molecule has 0 aliphatic carbocycles. The molecule has 0 fully saturated rings. The van der Waals surface area contributed by atoms with Gasteiger partial charge in [-0.3, -0.25) is 4.79 Å². The van der Waals surface area contributed by atoms with Crippen LogP contribution in [0.3, 0.4) is 0 Å². The molecule has 5 rings (SSSR count). The lowest BCUT2D eigenvalue weighted by Gasteiger charge is -2.39. The maximum Gasteiger partial charge on any atom is 0.253 e. The van der Waals surface area contributed by atoms with Crippen LogP contribution in [-0.4, -0.2) is 10.1 Å². The molecular formula is C26H22N2O2. The second-order valence-electron chi connectivity index (χ2n) is 7.63. The molecule has 148 valence electrons. The number of phenolic OH excluding ortho intramolecular Hbond substituents is 1. The summed E-state index contributed by atoms with van der Waals surface area (Å²) in [5.74, 6) is 0.233. The van der Waals surface area contributed by atoms with Crippen molar-refractivity contribution in [2.75, 3.05) is 4.90 Å². The minimum atomic E-state index is -0.0417. The van der Waals surface area contributed by atoms with E-state index in [2.05, 4.69) is 46.3 Å². The highest BCUT2D eigenvalue weighted by Gasteiger charge is 2.31. The van der Waals surface area contributed by atoms with E-state index in [9.17, 15) is 9.90 Å². The minimum Gasteiger partial charge on any atom is -0.508 e. The van der Waals surface area contributed by atoms with Gasteiger partial charge in [0.15, 0.2) is 0 Å². The van der Waals surface area contributed by atoms with Crippen molar-refractivity contribution in [3.63, 3.8) is 0 Å². The number of nitrogens with zero attached hydrogens (tertiary/aromatic N) is 1. The van der Waals surface area contributed by atoms with E-state index in [-0.39, 0.29) is 17.4 Å². The summed E-state index contributed by atoms with van der Waals surface area (Å²) in [5, 5.41) is 9.73. The van der Waals surface area contributed by atoms with Gasteiger partial charge in [-0.2, -0.15) is 0 Å². The van der Waals surface area contributed by atoms with E-state index in [4.69, 9.17) is 0 Å². The fourth-order valence-corrected chi connectivity index (χ4v) is 4.36. The zero-order valence-electron chi connectivity index (χ0n) is 16.5. The number of anilines is 1. The largest absolute Gasteiger partial charge is 0.508 e. The monoisotopic (exact) mass is 394 g/mol. The van der Waals surface area contributed by atoms with Gasteiger partial charge in [0.1, 0.15) is 5.75 Å².